The zero-order valence-corrected chi connectivity index (χ0v) is 12.7. The van der Waals surface area contributed by atoms with E-state index in [9.17, 15) is 9.59 Å². The molecule has 0 fully saturated rings. The number of hydrogen-bond acceptors (Lipinski definition) is 5. The normalized spacial score (nSPS) is 12.9. The van der Waals surface area contributed by atoms with Gasteiger partial charge in [-0.15, -0.1) is 0 Å². The summed E-state index contributed by atoms with van der Waals surface area (Å²) in [6, 6.07) is 2.69. The van der Waals surface area contributed by atoms with Gasteiger partial charge in [-0.25, -0.2) is 9.48 Å². The lowest BCUT2D eigenvalue weighted by Crippen LogP contribution is -2.33. The predicted octanol–water partition coefficient (Wildman–Crippen LogP) is 1.93. The Labute approximate surface area is 126 Å². The summed E-state index contributed by atoms with van der Waals surface area (Å²) in [4.78, 5) is 24.6. The van der Waals surface area contributed by atoms with E-state index in [2.05, 4.69) is 5.10 Å². The summed E-state index contributed by atoms with van der Waals surface area (Å²) < 4.78 is 13.3. The minimum atomic E-state index is -0.774. The summed E-state index contributed by atoms with van der Waals surface area (Å²) >= 11 is 0. The highest BCUT2D eigenvalue weighted by atomic mass is 16.5. The van der Waals surface area contributed by atoms with Crippen LogP contribution in [-0.4, -0.2) is 26.8 Å². The van der Waals surface area contributed by atoms with Crippen molar-refractivity contribution in [2.75, 3.05) is 6.61 Å². The van der Waals surface area contributed by atoms with E-state index < -0.39 is 12.0 Å². The lowest BCUT2D eigenvalue weighted by Gasteiger charge is -2.14. The number of furan rings is 1. The van der Waals surface area contributed by atoms with Gasteiger partial charge in [-0.2, -0.15) is 5.10 Å². The second-order valence-electron chi connectivity index (χ2n) is 4.98. The molecule has 0 saturated carbocycles. The summed E-state index contributed by atoms with van der Waals surface area (Å²) in [5.74, 6) is 0.209. The molecule has 0 bridgehead atoms. The van der Waals surface area contributed by atoms with Crippen LogP contribution in [0.15, 0.2) is 27.6 Å². The molecule has 0 radical (unpaired) electrons. The quantitative estimate of drug-likeness (QED) is 0.688. The summed E-state index contributed by atoms with van der Waals surface area (Å²) in [5.41, 5.74) is 1.52. The maximum atomic E-state index is 12.6. The standard InChI is InChI=1S/C15H17N3O4/c1-4-13-16-18(9(3)15(20)21-5-2)14(19)11-8-12-10(17(11)13)6-7-22-12/h6-9H,4-5H2,1-3H3/t9-/m0/s1. The largest absolute Gasteiger partial charge is 0.464 e. The van der Waals surface area contributed by atoms with Crippen molar-refractivity contribution in [1.82, 2.24) is 14.2 Å². The van der Waals surface area contributed by atoms with Crippen molar-refractivity contribution in [1.29, 1.82) is 0 Å². The SMILES string of the molecule is CCOC(=O)[C@H](C)n1nc(CC)n2c(cc3occc32)c1=O. The fourth-order valence-electron chi connectivity index (χ4n) is 2.55. The van der Waals surface area contributed by atoms with E-state index in [-0.39, 0.29) is 12.2 Å². The Bertz CT molecular complexity index is 903. The van der Waals surface area contributed by atoms with Crippen LogP contribution in [0.4, 0.5) is 0 Å². The molecule has 3 aromatic heterocycles. The molecule has 0 N–H and O–H groups in total. The van der Waals surface area contributed by atoms with Crippen molar-refractivity contribution in [3.8, 4) is 0 Å². The number of fused-ring (bicyclic) bond motifs is 3. The van der Waals surface area contributed by atoms with Crippen LogP contribution >= 0.6 is 0 Å². The van der Waals surface area contributed by atoms with Crippen molar-refractivity contribution in [2.45, 2.75) is 33.2 Å². The number of ether oxygens (including phenoxy) is 1. The van der Waals surface area contributed by atoms with Gasteiger partial charge in [0.05, 0.1) is 18.4 Å². The van der Waals surface area contributed by atoms with Gasteiger partial charge in [-0.3, -0.25) is 9.20 Å². The number of esters is 1. The summed E-state index contributed by atoms with van der Waals surface area (Å²) in [6.07, 6.45) is 2.19. The van der Waals surface area contributed by atoms with Gasteiger partial charge in [0.1, 0.15) is 11.3 Å². The Morgan fingerprint density at radius 2 is 2.18 bits per heavy atom. The van der Waals surface area contributed by atoms with Gasteiger partial charge in [-0.1, -0.05) is 6.92 Å². The Balaban J connectivity index is 2.26. The molecular formula is C15H17N3O4. The molecule has 7 heteroatoms. The molecule has 0 aromatic carbocycles. The van der Waals surface area contributed by atoms with E-state index in [4.69, 9.17) is 9.15 Å². The smallest absolute Gasteiger partial charge is 0.330 e. The maximum Gasteiger partial charge on any atom is 0.330 e. The van der Waals surface area contributed by atoms with Crippen LogP contribution in [0.25, 0.3) is 16.6 Å². The lowest BCUT2D eigenvalue weighted by molar-refractivity contribution is -0.147. The van der Waals surface area contributed by atoms with Gasteiger partial charge in [0, 0.05) is 18.6 Å². The van der Waals surface area contributed by atoms with Crippen LogP contribution in [0.1, 0.15) is 32.6 Å². The molecule has 3 heterocycles. The summed E-state index contributed by atoms with van der Waals surface area (Å²) in [6.45, 7) is 5.54. The number of nitrogens with zero attached hydrogens (tertiary/aromatic N) is 3. The highest BCUT2D eigenvalue weighted by molar-refractivity contribution is 5.82. The van der Waals surface area contributed by atoms with Gasteiger partial charge in [0.15, 0.2) is 11.6 Å². The lowest BCUT2D eigenvalue weighted by atomic mass is 10.3. The number of aryl methyl sites for hydroxylation is 1. The Morgan fingerprint density at radius 1 is 1.41 bits per heavy atom. The Kier molecular flexibility index (Phi) is 3.48. The van der Waals surface area contributed by atoms with Crippen LogP contribution in [0.2, 0.25) is 0 Å². The highest BCUT2D eigenvalue weighted by Gasteiger charge is 2.22. The number of hydrogen-bond donors (Lipinski definition) is 0. The second-order valence-corrected chi connectivity index (χ2v) is 4.98. The van der Waals surface area contributed by atoms with E-state index in [0.717, 1.165) is 5.52 Å². The zero-order valence-electron chi connectivity index (χ0n) is 12.7. The Morgan fingerprint density at radius 3 is 2.86 bits per heavy atom. The van der Waals surface area contributed by atoms with Crippen LogP contribution in [0.3, 0.4) is 0 Å². The monoisotopic (exact) mass is 303 g/mol. The zero-order chi connectivity index (χ0) is 15.9. The predicted molar refractivity (Wildman–Crippen MR) is 79.9 cm³/mol. The molecule has 0 aliphatic carbocycles. The first-order chi connectivity index (χ1) is 10.6. The van der Waals surface area contributed by atoms with Gasteiger partial charge < -0.3 is 9.15 Å². The van der Waals surface area contributed by atoms with Crippen molar-refractivity contribution >= 4 is 22.6 Å². The van der Waals surface area contributed by atoms with Crippen molar-refractivity contribution in [3.63, 3.8) is 0 Å². The van der Waals surface area contributed by atoms with Crippen LogP contribution in [0.5, 0.6) is 0 Å². The fourth-order valence-corrected chi connectivity index (χ4v) is 2.55. The van der Waals surface area contributed by atoms with E-state index in [1.165, 1.54) is 4.68 Å². The minimum Gasteiger partial charge on any atom is -0.464 e. The molecule has 116 valence electrons. The fraction of sp³-hybridized carbons (Fsp3) is 0.400. The van der Waals surface area contributed by atoms with Crippen LogP contribution in [-0.2, 0) is 16.0 Å². The molecule has 22 heavy (non-hydrogen) atoms. The number of aromatic nitrogens is 3. The van der Waals surface area contributed by atoms with Crippen LogP contribution < -0.4 is 5.56 Å². The number of carbonyl (C=O) groups excluding carboxylic acids is 1. The molecule has 0 saturated heterocycles. The first-order valence-corrected chi connectivity index (χ1v) is 7.25. The molecule has 0 aliphatic heterocycles. The highest BCUT2D eigenvalue weighted by Crippen LogP contribution is 2.21. The van der Waals surface area contributed by atoms with Crippen molar-refractivity contribution in [3.05, 3.63) is 34.6 Å². The van der Waals surface area contributed by atoms with Gasteiger partial charge >= 0.3 is 5.97 Å². The van der Waals surface area contributed by atoms with E-state index in [1.54, 1.807) is 36.6 Å². The van der Waals surface area contributed by atoms with Crippen molar-refractivity contribution < 1.29 is 13.9 Å². The molecule has 0 unspecified atom stereocenters. The molecular weight excluding hydrogens is 286 g/mol. The molecule has 0 spiro atoms. The third kappa shape index (κ3) is 2.01. The van der Waals surface area contributed by atoms with E-state index in [1.807, 2.05) is 6.92 Å². The van der Waals surface area contributed by atoms with Crippen molar-refractivity contribution in [2.24, 2.45) is 0 Å². The van der Waals surface area contributed by atoms with Gasteiger partial charge in [-0.05, 0) is 13.8 Å². The second kappa shape index (κ2) is 5.32. The van der Waals surface area contributed by atoms with Crippen LogP contribution in [0, 0.1) is 0 Å². The molecule has 7 nitrogen and oxygen atoms in total. The average molecular weight is 303 g/mol. The number of carbonyl (C=O) groups is 1. The van der Waals surface area contributed by atoms with Gasteiger partial charge in [0.25, 0.3) is 5.56 Å². The molecule has 3 rings (SSSR count). The maximum absolute atomic E-state index is 12.6. The number of rotatable bonds is 4. The third-order valence-corrected chi connectivity index (χ3v) is 3.64. The summed E-state index contributed by atoms with van der Waals surface area (Å²) in [7, 11) is 0. The summed E-state index contributed by atoms with van der Waals surface area (Å²) in [5, 5.41) is 4.35. The van der Waals surface area contributed by atoms with E-state index in [0.29, 0.717) is 23.3 Å². The van der Waals surface area contributed by atoms with Gasteiger partial charge in [0.2, 0.25) is 0 Å². The topological polar surface area (TPSA) is 78.7 Å². The first kappa shape index (κ1) is 14.4. The Hall–Kier alpha value is -2.57. The molecule has 0 amide bonds. The molecule has 3 aromatic rings. The molecule has 1 atom stereocenters. The minimum absolute atomic E-state index is 0.263. The first-order valence-electron chi connectivity index (χ1n) is 7.25. The molecule has 0 aliphatic rings. The van der Waals surface area contributed by atoms with E-state index >= 15 is 0 Å². The average Bonchev–Trinajstić information content (AvgIpc) is 3.09. The third-order valence-electron chi connectivity index (χ3n) is 3.64.